The van der Waals surface area contributed by atoms with E-state index in [9.17, 15) is 53.2 Å². The van der Waals surface area contributed by atoms with Gasteiger partial charge in [0.25, 0.3) is 0 Å². The van der Waals surface area contributed by atoms with Gasteiger partial charge in [0.15, 0.2) is 5.69 Å². The number of aromatic carboxylic acids is 5. The van der Waals surface area contributed by atoms with Gasteiger partial charge in [-0.25, -0.2) is 18.6 Å². The van der Waals surface area contributed by atoms with Crippen molar-refractivity contribution in [1.82, 2.24) is 73.8 Å². The minimum Gasteiger partial charge on any atom is -0.543 e. The number of hydrogen-bond acceptors (Lipinski definition) is 21. The van der Waals surface area contributed by atoms with Gasteiger partial charge in [-0.1, -0.05) is 0 Å². The molecule has 10 aromatic rings. The third kappa shape index (κ3) is 18.4. The molecule has 0 aromatic carbocycles. The number of halogens is 2. The summed E-state index contributed by atoms with van der Waals surface area (Å²) < 4.78 is 36.9. The summed E-state index contributed by atoms with van der Waals surface area (Å²) in [5, 5.41) is 74.6. The third-order valence-corrected chi connectivity index (χ3v) is 12.0. The average Bonchev–Trinajstić information content (AvgIpc) is 4.31. The van der Waals surface area contributed by atoms with Crippen LogP contribution in [0.5, 0.6) is 5.75 Å². The first-order chi connectivity index (χ1) is 38.0. The maximum Gasteiger partial charge on any atom is 1.00 e. The Hall–Kier alpha value is -6.71. The SMILES string of the molecule is COc1cccnc1-c1cnn(C)c1C(=O)[O-].Cc1ccnc(-c2cnn(C)c2C(=O)[O-])c1.Cc1csc(-c2cnn(C)c2C(=O)O)n1.Cn1ncc(-c2cc(F)ccn2)c1C(=O)[O-].Cn1ncc(-c2ccc(F)cn2)c1C(=O)[O-].[Na+].[Na+].[Na+].[Na+]. The molecule has 412 valence electrons. The van der Waals surface area contributed by atoms with Gasteiger partial charge in [-0.3, -0.25) is 43.3 Å². The van der Waals surface area contributed by atoms with Gasteiger partial charge in [0.2, 0.25) is 0 Å². The molecule has 0 aliphatic carbocycles. The van der Waals surface area contributed by atoms with Crippen molar-refractivity contribution >= 4 is 41.2 Å². The molecule has 0 amide bonds. The van der Waals surface area contributed by atoms with Crippen molar-refractivity contribution in [1.29, 1.82) is 0 Å². The Morgan fingerprint density at radius 1 is 0.512 bits per heavy atom. The van der Waals surface area contributed by atoms with Crippen LogP contribution in [0.3, 0.4) is 0 Å². The summed E-state index contributed by atoms with van der Waals surface area (Å²) in [6, 6.07) is 12.0. The zero-order valence-corrected chi connectivity index (χ0v) is 56.1. The van der Waals surface area contributed by atoms with Crippen molar-refractivity contribution in [3.63, 3.8) is 0 Å². The maximum absolute atomic E-state index is 13.0. The minimum absolute atomic E-state index is 0. The first-order valence-corrected chi connectivity index (χ1v) is 23.7. The Kier molecular flexibility index (Phi) is 29.4. The van der Waals surface area contributed by atoms with Crippen LogP contribution in [0, 0.1) is 25.5 Å². The fourth-order valence-electron chi connectivity index (χ4n) is 7.31. The number of carboxylic acids is 5. The van der Waals surface area contributed by atoms with Gasteiger partial charge in [-0.05, 0) is 61.9 Å². The fraction of sp³-hybridized carbons (Fsp3) is 0.157. The molecule has 10 aromatic heterocycles. The van der Waals surface area contributed by atoms with Crippen molar-refractivity contribution in [3.05, 3.63) is 161 Å². The second-order valence-corrected chi connectivity index (χ2v) is 17.3. The molecule has 1 N–H and O–H groups in total. The number of methoxy groups -OCH3 is 1. The maximum atomic E-state index is 13.0. The molecular weight excluding hydrogens is 1160 g/mol. The number of aryl methyl sites for hydroxylation is 7. The number of hydrogen-bond donors (Lipinski definition) is 1. The Balaban J connectivity index is 0.000000354. The normalized spacial score (nSPS) is 9.88. The number of rotatable bonds is 11. The molecule has 10 heterocycles. The smallest absolute Gasteiger partial charge is 0.543 e. The minimum atomic E-state index is -1.37. The molecule has 0 radical (unpaired) electrons. The molecule has 0 saturated carbocycles. The van der Waals surface area contributed by atoms with E-state index >= 15 is 0 Å². The van der Waals surface area contributed by atoms with E-state index in [0.717, 1.165) is 28.2 Å². The van der Waals surface area contributed by atoms with Crippen LogP contribution in [0.15, 0.2) is 110 Å². The molecule has 0 aliphatic rings. The molecule has 10 rings (SSSR count). The summed E-state index contributed by atoms with van der Waals surface area (Å²) in [6.45, 7) is 3.79. The summed E-state index contributed by atoms with van der Waals surface area (Å²) in [7, 11) is 9.14. The number of pyridine rings is 4. The van der Waals surface area contributed by atoms with Crippen LogP contribution in [0.25, 0.3) is 55.6 Å². The van der Waals surface area contributed by atoms with E-state index in [4.69, 9.17) is 9.84 Å². The number of thiazole rings is 1. The zero-order valence-electron chi connectivity index (χ0n) is 47.3. The van der Waals surface area contributed by atoms with Gasteiger partial charge < -0.3 is 49.4 Å². The Morgan fingerprint density at radius 3 is 1.37 bits per heavy atom. The van der Waals surface area contributed by atoms with Crippen LogP contribution in [-0.2, 0) is 35.2 Å². The van der Waals surface area contributed by atoms with E-state index in [2.05, 4.69) is 50.4 Å². The van der Waals surface area contributed by atoms with E-state index in [1.54, 1.807) is 38.6 Å². The number of ether oxygens (including phenoxy) is 1. The van der Waals surface area contributed by atoms with Gasteiger partial charge in [0, 0.05) is 87.7 Å². The molecule has 0 unspecified atom stereocenters. The summed E-state index contributed by atoms with van der Waals surface area (Å²) in [5.74, 6) is -6.74. The number of carbonyl (C=O) groups is 5. The molecule has 33 heteroatoms. The number of carbonyl (C=O) groups excluding carboxylic acids is 4. The quantitative estimate of drug-likeness (QED) is 0.118. The Morgan fingerprint density at radius 2 is 0.952 bits per heavy atom. The van der Waals surface area contributed by atoms with Crippen molar-refractivity contribution in [2.45, 2.75) is 13.8 Å². The van der Waals surface area contributed by atoms with Crippen LogP contribution in [-0.4, -0.2) is 116 Å². The average molecular weight is 1200 g/mol. The first kappa shape index (κ1) is 73.4. The number of nitrogens with zero attached hydrogens (tertiary/aromatic N) is 15. The zero-order chi connectivity index (χ0) is 58.5. The van der Waals surface area contributed by atoms with Gasteiger partial charge in [-0.2, -0.15) is 25.5 Å². The summed E-state index contributed by atoms with van der Waals surface area (Å²) in [6.07, 6.45) is 12.6. The standard InChI is InChI=1S/C11H11N3O3.C11H11N3O2.2C10H8FN3O2.C9H9N3O2S.4Na/c1-14-10(11(15)16)7(6-13-14)9-8(17-2)4-3-5-12-9;1-7-3-4-12-9(5-7)8-6-13-14(2)10(8)11(15)16;1-14-9(10(15)16)7(5-13-14)8-4-6(11)2-3-12-8;1-14-9(10(15)16)7(5-13-14)8-3-2-6(11)4-12-8;1-5-4-15-8(11-5)6-3-10-12(2)7(6)9(13)14;;;;/h3-6H,1-2H3,(H,15,16);3-6H,1-2H3,(H,15,16);2*2-5H,1H3,(H,15,16);3-4H,1-2H3,(H,13,14);;;;/q;;;;;4*+1/p-4. The van der Waals surface area contributed by atoms with Gasteiger partial charge >= 0.3 is 124 Å². The Bertz CT molecular complexity index is 3790. The molecule has 0 aliphatic heterocycles. The monoisotopic (exact) mass is 1200 g/mol. The topological polar surface area (TPSA) is 361 Å². The largest absolute Gasteiger partial charge is 1.00 e. The summed E-state index contributed by atoms with van der Waals surface area (Å²) in [4.78, 5) is 74.9. The van der Waals surface area contributed by atoms with E-state index in [0.29, 0.717) is 50.1 Å². The molecule has 84 heavy (non-hydrogen) atoms. The number of carboxylic acid groups (broad SMARTS) is 5. The van der Waals surface area contributed by atoms with Crippen LogP contribution >= 0.6 is 11.3 Å². The molecule has 0 saturated heterocycles. The Labute approximate surface area is 568 Å². The van der Waals surface area contributed by atoms with Crippen molar-refractivity contribution in [2.75, 3.05) is 7.11 Å². The molecular formula is C51H43F2N15Na4O11S. The fourth-order valence-corrected chi connectivity index (χ4v) is 8.12. The van der Waals surface area contributed by atoms with Gasteiger partial charge in [0.05, 0.1) is 119 Å². The van der Waals surface area contributed by atoms with E-state index in [-0.39, 0.29) is 158 Å². The van der Waals surface area contributed by atoms with Crippen molar-refractivity contribution in [2.24, 2.45) is 35.2 Å². The second-order valence-electron chi connectivity index (χ2n) is 16.4. The predicted molar refractivity (Wildman–Crippen MR) is 270 cm³/mol. The second kappa shape index (κ2) is 33.7. The predicted octanol–water partition coefficient (Wildman–Crippen LogP) is -10.5. The van der Waals surface area contributed by atoms with E-state index in [1.807, 2.05) is 31.4 Å². The molecule has 0 spiro atoms. The third-order valence-electron chi connectivity index (χ3n) is 11.0. The van der Waals surface area contributed by atoms with Crippen LogP contribution < -0.4 is 143 Å². The molecule has 0 bridgehead atoms. The molecule has 0 atom stereocenters. The van der Waals surface area contributed by atoms with E-state index in [1.165, 1.54) is 114 Å². The van der Waals surface area contributed by atoms with Gasteiger partial charge in [0.1, 0.15) is 28.1 Å². The van der Waals surface area contributed by atoms with Crippen molar-refractivity contribution in [3.8, 4) is 61.4 Å². The van der Waals surface area contributed by atoms with Crippen molar-refractivity contribution < 1.29 is 181 Å². The first-order valence-electron chi connectivity index (χ1n) is 22.8. The van der Waals surface area contributed by atoms with Crippen LogP contribution in [0.4, 0.5) is 8.78 Å². The summed E-state index contributed by atoms with van der Waals surface area (Å²) >= 11 is 1.42. The van der Waals surface area contributed by atoms with E-state index < -0.39 is 41.5 Å². The molecule has 0 fully saturated rings. The molecule has 26 nitrogen and oxygen atoms in total. The number of aromatic nitrogens is 15. The van der Waals surface area contributed by atoms with Crippen LogP contribution in [0.1, 0.15) is 63.7 Å². The van der Waals surface area contributed by atoms with Gasteiger partial charge in [-0.15, -0.1) is 11.3 Å². The summed E-state index contributed by atoms with van der Waals surface area (Å²) in [5.41, 5.74) is 5.43. The van der Waals surface area contributed by atoms with Crippen LogP contribution in [0.2, 0.25) is 0 Å².